The van der Waals surface area contributed by atoms with Crippen LogP contribution in [0, 0.1) is 0 Å². The molecule has 0 spiro atoms. The molecule has 1 aromatic rings. The number of nitrogens with zero attached hydrogens (tertiary/aromatic N) is 1. The Balaban J connectivity index is 3.01. The van der Waals surface area contributed by atoms with Crippen molar-refractivity contribution in [1.82, 2.24) is 9.29 Å². The van der Waals surface area contributed by atoms with Crippen LogP contribution in [0.1, 0.15) is 30.3 Å². The quantitative estimate of drug-likeness (QED) is 0.634. The second kappa shape index (κ2) is 6.06. The van der Waals surface area contributed by atoms with E-state index in [9.17, 15) is 18.0 Å². The van der Waals surface area contributed by atoms with Gasteiger partial charge in [-0.1, -0.05) is 6.92 Å². The van der Waals surface area contributed by atoms with Gasteiger partial charge in [-0.3, -0.25) is 9.59 Å². The lowest BCUT2D eigenvalue weighted by atomic mass is 10.2. The van der Waals surface area contributed by atoms with Crippen LogP contribution in [-0.4, -0.2) is 36.0 Å². The SMILES string of the molecule is CCC(CC(=O)O)NS(=O)(=O)c1cc(C(N)=O)n(C)c1. The zero-order valence-corrected chi connectivity index (χ0v) is 12.0. The minimum absolute atomic E-state index is 0.0525. The number of carbonyl (C=O) groups excluding carboxylic acids is 1. The van der Waals surface area contributed by atoms with Crippen molar-refractivity contribution in [3.63, 3.8) is 0 Å². The minimum Gasteiger partial charge on any atom is -0.481 e. The highest BCUT2D eigenvalue weighted by molar-refractivity contribution is 7.89. The van der Waals surface area contributed by atoms with E-state index < -0.39 is 27.9 Å². The summed E-state index contributed by atoms with van der Waals surface area (Å²) in [6.45, 7) is 1.68. The summed E-state index contributed by atoms with van der Waals surface area (Å²) in [6, 6.07) is 0.438. The molecule has 0 aliphatic rings. The summed E-state index contributed by atoms with van der Waals surface area (Å²) in [5, 5.41) is 8.70. The Morgan fingerprint density at radius 1 is 1.50 bits per heavy atom. The van der Waals surface area contributed by atoms with Gasteiger partial charge in [0.05, 0.1) is 6.42 Å². The molecule has 1 atom stereocenters. The van der Waals surface area contributed by atoms with Gasteiger partial charge in [-0.05, 0) is 12.5 Å². The van der Waals surface area contributed by atoms with Gasteiger partial charge in [-0.2, -0.15) is 0 Å². The maximum atomic E-state index is 12.1. The predicted octanol–water partition coefficient (Wildman–Crippen LogP) is -0.344. The summed E-state index contributed by atoms with van der Waals surface area (Å²) in [5.41, 5.74) is 5.16. The highest BCUT2D eigenvalue weighted by Crippen LogP contribution is 2.14. The lowest BCUT2D eigenvalue weighted by Crippen LogP contribution is -2.35. The summed E-state index contributed by atoms with van der Waals surface area (Å²) >= 11 is 0. The zero-order valence-electron chi connectivity index (χ0n) is 11.2. The van der Waals surface area contributed by atoms with E-state index in [1.165, 1.54) is 17.8 Å². The Bertz CT molecular complexity index is 620. The lowest BCUT2D eigenvalue weighted by molar-refractivity contribution is -0.137. The fourth-order valence-corrected chi connectivity index (χ4v) is 3.08. The van der Waals surface area contributed by atoms with Gasteiger partial charge >= 0.3 is 5.97 Å². The first-order valence-corrected chi connectivity index (χ1v) is 7.36. The highest BCUT2D eigenvalue weighted by Gasteiger charge is 2.23. The summed E-state index contributed by atoms with van der Waals surface area (Å²) in [6.07, 6.45) is 1.27. The molecule has 1 unspecified atom stereocenters. The summed E-state index contributed by atoms with van der Waals surface area (Å²) in [4.78, 5) is 21.6. The number of hydrogen-bond donors (Lipinski definition) is 3. The van der Waals surface area contributed by atoms with Crippen LogP contribution in [0.15, 0.2) is 17.2 Å². The first-order valence-electron chi connectivity index (χ1n) is 5.87. The molecule has 8 nitrogen and oxygen atoms in total. The van der Waals surface area contributed by atoms with E-state index in [0.717, 1.165) is 6.07 Å². The topological polar surface area (TPSA) is 131 Å². The van der Waals surface area contributed by atoms with Crippen molar-refractivity contribution in [1.29, 1.82) is 0 Å². The molecule has 0 saturated carbocycles. The third-order valence-corrected chi connectivity index (χ3v) is 4.27. The first kappa shape index (κ1) is 16.2. The van der Waals surface area contributed by atoms with E-state index in [4.69, 9.17) is 10.8 Å². The van der Waals surface area contributed by atoms with Crippen LogP contribution in [-0.2, 0) is 21.9 Å². The maximum Gasteiger partial charge on any atom is 0.304 e. The zero-order chi connectivity index (χ0) is 15.5. The largest absolute Gasteiger partial charge is 0.481 e. The van der Waals surface area contributed by atoms with Gasteiger partial charge in [0.15, 0.2) is 0 Å². The fraction of sp³-hybridized carbons (Fsp3) is 0.455. The Labute approximate surface area is 116 Å². The number of hydrogen-bond acceptors (Lipinski definition) is 4. The Hall–Kier alpha value is -1.87. The van der Waals surface area contributed by atoms with E-state index in [-0.39, 0.29) is 17.0 Å². The maximum absolute atomic E-state index is 12.1. The first-order chi connectivity index (χ1) is 9.17. The van der Waals surface area contributed by atoms with Crippen molar-refractivity contribution in [2.45, 2.75) is 30.7 Å². The molecule has 0 aliphatic heterocycles. The van der Waals surface area contributed by atoms with Gasteiger partial charge in [-0.25, -0.2) is 13.1 Å². The predicted molar refractivity (Wildman–Crippen MR) is 70.6 cm³/mol. The number of aryl methyl sites for hydroxylation is 1. The average molecular weight is 303 g/mol. The molecule has 0 aromatic carbocycles. The number of nitrogens with two attached hydrogens (primary N) is 1. The molecule has 0 radical (unpaired) electrons. The number of carboxylic acid groups (broad SMARTS) is 1. The molecule has 9 heteroatoms. The molecule has 0 bridgehead atoms. The Morgan fingerprint density at radius 3 is 2.50 bits per heavy atom. The normalized spacial score (nSPS) is 13.1. The fourth-order valence-electron chi connectivity index (χ4n) is 1.69. The number of primary amides is 1. The van der Waals surface area contributed by atoms with E-state index >= 15 is 0 Å². The van der Waals surface area contributed by atoms with E-state index in [1.54, 1.807) is 6.92 Å². The molecule has 1 rings (SSSR count). The third-order valence-electron chi connectivity index (χ3n) is 2.78. The monoisotopic (exact) mass is 303 g/mol. The van der Waals surface area contributed by atoms with Crippen molar-refractivity contribution in [2.24, 2.45) is 12.8 Å². The molecule has 1 heterocycles. The van der Waals surface area contributed by atoms with Crippen molar-refractivity contribution >= 4 is 21.9 Å². The van der Waals surface area contributed by atoms with Gasteiger partial charge < -0.3 is 15.4 Å². The van der Waals surface area contributed by atoms with Gasteiger partial charge in [0.2, 0.25) is 10.0 Å². The van der Waals surface area contributed by atoms with Crippen LogP contribution >= 0.6 is 0 Å². The summed E-state index contributed by atoms with van der Waals surface area (Å²) in [7, 11) is -2.40. The van der Waals surface area contributed by atoms with Crippen molar-refractivity contribution < 1.29 is 23.1 Å². The van der Waals surface area contributed by atoms with Crippen LogP contribution in [0.5, 0.6) is 0 Å². The standard InChI is InChI=1S/C11H17N3O5S/c1-3-7(4-10(15)16)13-20(18,19)8-5-9(11(12)17)14(2)6-8/h5-7,13H,3-4H2,1-2H3,(H2,12,17)(H,15,16). The molecule has 0 aliphatic carbocycles. The van der Waals surface area contributed by atoms with Gasteiger partial charge in [-0.15, -0.1) is 0 Å². The molecule has 112 valence electrons. The number of carboxylic acids is 1. The van der Waals surface area contributed by atoms with Crippen LogP contribution in [0.4, 0.5) is 0 Å². The molecular weight excluding hydrogens is 286 g/mol. The van der Waals surface area contributed by atoms with Crippen LogP contribution in [0.3, 0.4) is 0 Å². The smallest absolute Gasteiger partial charge is 0.304 e. The number of amides is 1. The van der Waals surface area contributed by atoms with Crippen LogP contribution < -0.4 is 10.5 Å². The number of rotatable bonds is 7. The van der Waals surface area contributed by atoms with Gasteiger partial charge in [0, 0.05) is 19.3 Å². The highest BCUT2D eigenvalue weighted by atomic mass is 32.2. The number of aliphatic carboxylic acids is 1. The number of sulfonamides is 1. The molecule has 1 aromatic heterocycles. The molecule has 0 saturated heterocycles. The average Bonchev–Trinajstić information content (AvgIpc) is 2.70. The van der Waals surface area contributed by atoms with Gasteiger partial charge in [0.25, 0.3) is 5.91 Å². The second-order valence-corrected chi connectivity index (χ2v) is 6.07. The summed E-state index contributed by atoms with van der Waals surface area (Å²) in [5.74, 6) is -1.84. The molecular formula is C11H17N3O5S. The molecule has 20 heavy (non-hydrogen) atoms. The Kier molecular flexibility index (Phi) is 4.90. The van der Waals surface area contributed by atoms with Crippen LogP contribution in [0.25, 0.3) is 0 Å². The lowest BCUT2D eigenvalue weighted by Gasteiger charge is -2.14. The number of aromatic nitrogens is 1. The van der Waals surface area contributed by atoms with Crippen molar-refractivity contribution in [2.75, 3.05) is 0 Å². The summed E-state index contributed by atoms with van der Waals surface area (Å²) < 4.78 is 27.8. The second-order valence-electron chi connectivity index (χ2n) is 4.36. The molecule has 4 N–H and O–H groups in total. The minimum atomic E-state index is -3.89. The molecule has 1 amide bonds. The van der Waals surface area contributed by atoms with E-state index in [1.807, 2.05) is 0 Å². The third kappa shape index (κ3) is 3.81. The van der Waals surface area contributed by atoms with E-state index in [2.05, 4.69) is 4.72 Å². The van der Waals surface area contributed by atoms with E-state index in [0.29, 0.717) is 6.42 Å². The molecule has 0 fully saturated rings. The van der Waals surface area contributed by atoms with Gasteiger partial charge in [0.1, 0.15) is 10.6 Å². The van der Waals surface area contributed by atoms with Crippen molar-refractivity contribution in [3.8, 4) is 0 Å². The number of nitrogens with one attached hydrogen (secondary N) is 1. The number of carbonyl (C=O) groups is 2. The van der Waals surface area contributed by atoms with Crippen LogP contribution in [0.2, 0.25) is 0 Å². The Morgan fingerprint density at radius 2 is 2.10 bits per heavy atom. The van der Waals surface area contributed by atoms with Crippen molar-refractivity contribution in [3.05, 3.63) is 18.0 Å².